The lowest BCUT2D eigenvalue weighted by Gasteiger charge is -2.26. The third-order valence-electron chi connectivity index (χ3n) is 3.91. The number of hydrogen-bond acceptors (Lipinski definition) is 3. The minimum Gasteiger partial charge on any atom is -0.481 e. The standard InChI is InChI=1S/C15H26N2O4/c1-5-17(8-13(18)16-9(2)3)14(19)11-6-10(4)7-12(11)15(20)21/h9-12H,5-8H2,1-4H3,(H,16,18)(H,20,21)/t10?,11-,12+/m0/s1. The van der Waals surface area contributed by atoms with Gasteiger partial charge in [0.15, 0.2) is 0 Å². The van der Waals surface area contributed by atoms with Crippen LogP contribution in [0.1, 0.15) is 40.5 Å². The van der Waals surface area contributed by atoms with E-state index in [1.54, 1.807) is 6.92 Å². The van der Waals surface area contributed by atoms with Gasteiger partial charge < -0.3 is 15.3 Å². The highest BCUT2D eigenvalue weighted by atomic mass is 16.4. The van der Waals surface area contributed by atoms with Crippen molar-refractivity contribution in [2.45, 2.75) is 46.6 Å². The molecule has 1 rings (SSSR count). The van der Waals surface area contributed by atoms with Crippen LogP contribution >= 0.6 is 0 Å². The van der Waals surface area contributed by atoms with E-state index in [2.05, 4.69) is 5.32 Å². The second-order valence-electron chi connectivity index (χ2n) is 6.20. The molecule has 0 heterocycles. The summed E-state index contributed by atoms with van der Waals surface area (Å²) in [5.74, 6) is -2.26. The molecule has 0 aromatic rings. The topological polar surface area (TPSA) is 86.7 Å². The molecule has 0 saturated heterocycles. The van der Waals surface area contributed by atoms with Gasteiger partial charge in [-0.05, 0) is 39.5 Å². The number of carbonyl (C=O) groups is 3. The van der Waals surface area contributed by atoms with Crippen molar-refractivity contribution in [3.63, 3.8) is 0 Å². The second-order valence-corrected chi connectivity index (χ2v) is 6.20. The molecule has 6 nitrogen and oxygen atoms in total. The van der Waals surface area contributed by atoms with Gasteiger partial charge in [0.1, 0.15) is 0 Å². The van der Waals surface area contributed by atoms with Gasteiger partial charge in [-0.1, -0.05) is 6.92 Å². The maximum atomic E-state index is 12.5. The number of carbonyl (C=O) groups excluding carboxylic acids is 2. The van der Waals surface area contributed by atoms with Crippen LogP contribution in [-0.2, 0) is 14.4 Å². The highest BCUT2D eigenvalue weighted by Crippen LogP contribution is 2.37. The Morgan fingerprint density at radius 1 is 1.24 bits per heavy atom. The molecule has 2 amide bonds. The van der Waals surface area contributed by atoms with Gasteiger partial charge >= 0.3 is 5.97 Å². The van der Waals surface area contributed by atoms with E-state index in [1.165, 1.54) is 4.90 Å². The van der Waals surface area contributed by atoms with E-state index in [0.717, 1.165) is 0 Å². The molecule has 1 saturated carbocycles. The Bertz CT molecular complexity index is 408. The molecule has 0 spiro atoms. The van der Waals surface area contributed by atoms with Crippen molar-refractivity contribution in [1.29, 1.82) is 0 Å². The Balaban J connectivity index is 2.73. The Morgan fingerprint density at radius 3 is 2.29 bits per heavy atom. The molecule has 21 heavy (non-hydrogen) atoms. The van der Waals surface area contributed by atoms with Gasteiger partial charge in [0.25, 0.3) is 0 Å². The summed E-state index contributed by atoms with van der Waals surface area (Å²) in [6.07, 6.45) is 1.11. The lowest BCUT2D eigenvalue weighted by Crippen LogP contribution is -2.45. The highest BCUT2D eigenvalue weighted by molar-refractivity contribution is 5.89. The summed E-state index contributed by atoms with van der Waals surface area (Å²) in [5.41, 5.74) is 0. The van der Waals surface area contributed by atoms with Gasteiger partial charge in [-0.3, -0.25) is 14.4 Å². The van der Waals surface area contributed by atoms with E-state index in [4.69, 9.17) is 0 Å². The van der Waals surface area contributed by atoms with E-state index >= 15 is 0 Å². The van der Waals surface area contributed by atoms with Crippen LogP contribution in [0.3, 0.4) is 0 Å². The van der Waals surface area contributed by atoms with Crippen molar-refractivity contribution in [2.24, 2.45) is 17.8 Å². The molecular weight excluding hydrogens is 272 g/mol. The number of nitrogens with one attached hydrogen (secondary N) is 1. The van der Waals surface area contributed by atoms with E-state index in [0.29, 0.717) is 19.4 Å². The third kappa shape index (κ3) is 4.72. The molecule has 0 aromatic carbocycles. The van der Waals surface area contributed by atoms with E-state index < -0.39 is 17.8 Å². The van der Waals surface area contributed by atoms with Gasteiger partial charge in [-0.15, -0.1) is 0 Å². The fraction of sp³-hybridized carbons (Fsp3) is 0.800. The fourth-order valence-electron chi connectivity index (χ4n) is 2.96. The smallest absolute Gasteiger partial charge is 0.307 e. The molecule has 6 heteroatoms. The maximum Gasteiger partial charge on any atom is 0.307 e. The highest BCUT2D eigenvalue weighted by Gasteiger charge is 2.42. The number of amides is 2. The predicted octanol–water partition coefficient (Wildman–Crippen LogP) is 1.11. The van der Waals surface area contributed by atoms with Gasteiger partial charge in [0.05, 0.1) is 18.4 Å². The number of rotatable bonds is 6. The van der Waals surface area contributed by atoms with E-state index in [-0.39, 0.29) is 30.3 Å². The van der Waals surface area contributed by atoms with Crippen LogP contribution in [0.15, 0.2) is 0 Å². The van der Waals surface area contributed by atoms with Crippen LogP contribution in [0.5, 0.6) is 0 Å². The normalized spacial score (nSPS) is 24.9. The van der Waals surface area contributed by atoms with E-state index in [9.17, 15) is 19.5 Å². The zero-order valence-corrected chi connectivity index (χ0v) is 13.3. The molecule has 0 radical (unpaired) electrons. The number of carboxylic acids is 1. The fourth-order valence-corrected chi connectivity index (χ4v) is 2.96. The molecular formula is C15H26N2O4. The third-order valence-corrected chi connectivity index (χ3v) is 3.91. The average molecular weight is 298 g/mol. The first kappa shape index (κ1) is 17.5. The molecule has 1 aliphatic carbocycles. The molecule has 1 aliphatic rings. The number of aliphatic carboxylic acids is 1. The number of carboxylic acid groups (broad SMARTS) is 1. The van der Waals surface area contributed by atoms with Crippen molar-refractivity contribution in [1.82, 2.24) is 10.2 Å². The summed E-state index contributed by atoms with van der Waals surface area (Å²) in [7, 11) is 0. The van der Waals surface area contributed by atoms with Crippen LogP contribution in [0.4, 0.5) is 0 Å². The van der Waals surface area contributed by atoms with Crippen molar-refractivity contribution < 1.29 is 19.5 Å². The Morgan fingerprint density at radius 2 is 1.81 bits per heavy atom. The Labute approximate surface area is 125 Å². The van der Waals surface area contributed by atoms with Crippen LogP contribution < -0.4 is 5.32 Å². The lowest BCUT2D eigenvalue weighted by molar-refractivity contribution is -0.149. The summed E-state index contributed by atoms with van der Waals surface area (Å²) in [5, 5.41) is 12.0. The largest absolute Gasteiger partial charge is 0.481 e. The average Bonchev–Trinajstić information content (AvgIpc) is 2.76. The molecule has 2 N–H and O–H groups in total. The molecule has 0 aliphatic heterocycles. The molecule has 0 aromatic heterocycles. The first-order valence-corrected chi connectivity index (χ1v) is 7.57. The van der Waals surface area contributed by atoms with Crippen molar-refractivity contribution in [3.8, 4) is 0 Å². The minimum atomic E-state index is -0.916. The Kier molecular flexibility index (Phi) is 6.18. The van der Waals surface area contributed by atoms with E-state index in [1.807, 2.05) is 20.8 Å². The summed E-state index contributed by atoms with van der Waals surface area (Å²) >= 11 is 0. The Hall–Kier alpha value is -1.59. The summed E-state index contributed by atoms with van der Waals surface area (Å²) in [6.45, 7) is 7.87. The van der Waals surface area contributed by atoms with Gasteiger partial charge in [0, 0.05) is 12.6 Å². The van der Waals surface area contributed by atoms with Crippen molar-refractivity contribution >= 4 is 17.8 Å². The molecule has 0 bridgehead atoms. The second kappa shape index (κ2) is 7.43. The zero-order valence-electron chi connectivity index (χ0n) is 13.3. The molecule has 1 unspecified atom stereocenters. The number of hydrogen-bond donors (Lipinski definition) is 2. The monoisotopic (exact) mass is 298 g/mol. The van der Waals surface area contributed by atoms with Gasteiger partial charge in [-0.2, -0.15) is 0 Å². The van der Waals surface area contributed by atoms with Crippen LogP contribution in [-0.4, -0.2) is 46.9 Å². The maximum absolute atomic E-state index is 12.5. The first-order valence-electron chi connectivity index (χ1n) is 7.57. The summed E-state index contributed by atoms with van der Waals surface area (Å²) < 4.78 is 0. The van der Waals surface area contributed by atoms with Crippen LogP contribution in [0.2, 0.25) is 0 Å². The van der Waals surface area contributed by atoms with Gasteiger partial charge in [-0.25, -0.2) is 0 Å². The molecule has 3 atom stereocenters. The lowest BCUT2D eigenvalue weighted by atomic mass is 9.94. The predicted molar refractivity (Wildman–Crippen MR) is 78.5 cm³/mol. The first-order chi connectivity index (χ1) is 9.76. The number of nitrogens with zero attached hydrogens (tertiary/aromatic N) is 1. The summed E-state index contributed by atoms with van der Waals surface area (Å²) in [6, 6.07) is 0.0181. The SMILES string of the molecule is CCN(CC(=O)NC(C)C)C(=O)[C@H]1CC(C)C[C@H]1C(=O)O. The molecule has 1 fully saturated rings. The molecule has 120 valence electrons. The minimum absolute atomic E-state index is 0.00919. The quantitative estimate of drug-likeness (QED) is 0.769. The number of likely N-dealkylation sites (N-methyl/N-ethyl adjacent to an activating group) is 1. The summed E-state index contributed by atoms with van der Waals surface area (Å²) in [4.78, 5) is 37.1. The van der Waals surface area contributed by atoms with Crippen molar-refractivity contribution in [2.75, 3.05) is 13.1 Å². The van der Waals surface area contributed by atoms with Crippen molar-refractivity contribution in [3.05, 3.63) is 0 Å². The van der Waals surface area contributed by atoms with Crippen LogP contribution in [0, 0.1) is 17.8 Å². The zero-order chi connectivity index (χ0) is 16.2. The van der Waals surface area contributed by atoms with Crippen LogP contribution in [0.25, 0.3) is 0 Å². The van der Waals surface area contributed by atoms with Gasteiger partial charge in [0.2, 0.25) is 11.8 Å².